The van der Waals surface area contributed by atoms with Gasteiger partial charge in [-0.05, 0) is 12.0 Å². The summed E-state index contributed by atoms with van der Waals surface area (Å²) in [6.45, 7) is -0.0627. The van der Waals surface area contributed by atoms with E-state index in [9.17, 15) is 27.4 Å². The van der Waals surface area contributed by atoms with Gasteiger partial charge in [-0.3, -0.25) is 18.9 Å². The minimum atomic E-state index is -4.73. The Labute approximate surface area is 216 Å². The molecule has 1 unspecified atom stereocenters. The summed E-state index contributed by atoms with van der Waals surface area (Å²) >= 11 is 0.691. The molecule has 0 saturated carbocycles. The first kappa shape index (κ1) is 25.5. The summed E-state index contributed by atoms with van der Waals surface area (Å²) in [6.07, 6.45) is 0.131. The average molecular weight is 506 g/mol. The maximum atomic E-state index is 13.2. The number of nitrogens with two attached hydrogens (primary N) is 1. The average Bonchev–Trinajstić information content (AvgIpc) is 3.32. The van der Waals surface area contributed by atoms with Crippen LogP contribution in [-0.2, 0) is 36.0 Å². The van der Waals surface area contributed by atoms with Crippen molar-refractivity contribution in [2.24, 2.45) is 0 Å². The van der Waals surface area contributed by atoms with E-state index in [0.29, 0.717) is 21.6 Å². The van der Waals surface area contributed by atoms with Gasteiger partial charge >= 0.3 is 45.8 Å². The number of carbonyl (C=O) groups excluding carboxylic acids is 3. The van der Waals surface area contributed by atoms with E-state index in [-0.39, 0.29) is 61.7 Å². The third-order valence-electron chi connectivity index (χ3n) is 5.04. The summed E-state index contributed by atoms with van der Waals surface area (Å²) in [4.78, 5) is 43.3. The number of H-pyrrole nitrogens is 1. The zero-order valence-corrected chi connectivity index (χ0v) is 21.0. The van der Waals surface area contributed by atoms with Gasteiger partial charge in [0.25, 0.3) is 5.91 Å². The molecule has 33 heavy (non-hydrogen) atoms. The van der Waals surface area contributed by atoms with Crippen LogP contribution in [0.2, 0.25) is 0 Å². The topological polar surface area (TPSA) is 189 Å². The molecule has 2 aliphatic rings. The van der Waals surface area contributed by atoms with Crippen molar-refractivity contribution in [1.82, 2.24) is 24.4 Å². The van der Waals surface area contributed by atoms with E-state index in [4.69, 9.17) is 10.5 Å². The molecule has 4 N–H and O–H groups in total. The summed E-state index contributed by atoms with van der Waals surface area (Å²) in [5.74, 6) is -2.59. The Morgan fingerprint density at radius 1 is 1.36 bits per heavy atom. The molecular formula is C17H19N6NaO7S2. The standard InChI is InChI=1S/C17H18N6O7S2.Na.H/c18-16-19-17(21-20-16)31-12(15(26)30-8-9-4-2-1-3-5-9)14(25)22-7-6-10-11(22)13(24)23(10)32(27,28)29;;/h1-5,10-12H,6-8H2,(H,27,28,29)(H3,18,19,20,21);;/q;+1;-1/t10-,11+,12?;;/m1../s1. The number of benzene rings is 1. The molecule has 0 bridgehead atoms. The second-order valence-corrected chi connectivity index (χ2v) is 9.40. The molecule has 2 saturated heterocycles. The first-order valence-corrected chi connectivity index (χ1v) is 11.6. The summed E-state index contributed by atoms with van der Waals surface area (Å²) < 4.78 is 37.6. The predicted molar refractivity (Wildman–Crippen MR) is 110 cm³/mol. The van der Waals surface area contributed by atoms with Crippen molar-refractivity contribution in [2.45, 2.75) is 35.5 Å². The van der Waals surface area contributed by atoms with Crippen LogP contribution in [0.1, 0.15) is 13.4 Å². The van der Waals surface area contributed by atoms with Crippen LogP contribution in [0.25, 0.3) is 0 Å². The first-order valence-electron chi connectivity index (χ1n) is 9.33. The van der Waals surface area contributed by atoms with Crippen LogP contribution in [0, 0.1) is 0 Å². The van der Waals surface area contributed by atoms with Crippen LogP contribution in [0.4, 0.5) is 5.95 Å². The van der Waals surface area contributed by atoms with Gasteiger partial charge < -0.3 is 16.8 Å². The number of β-lactam (4-membered cyclic amide) rings is 1. The zero-order valence-electron chi connectivity index (χ0n) is 18.3. The minimum Gasteiger partial charge on any atom is -1.00 e. The Balaban J connectivity index is 0.00000204. The molecule has 13 nitrogen and oxygen atoms in total. The third-order valence-corrected chi connectivity index (χ3v) is 7.01. The van der Waals surface area contributed by atoms with Gasteiger partial charge in [0.15, 0.2) is 5.25 Å². The van der Waals surface area contributed by atoms with Gasteiger partial charge in [-0.15, -0.1) is 5.10 Å². The van der Waals surface area contributed by atoms with Crippen LogP contribution in [-0.4, -0.2) is 79.0 Å². The number of likely N-dealkylation sites (tertiary alicyclic amines) is 1. The van der Waals surface area contributed by atoms with Crippen LogP contribution in [0.3, 0.4) is 0 Å². The molecule has 3 atom stereocenters. The van der Waals surface area contributed by atoms with Gasteiger partial charge in [-0.2, -0.15) is 13.4 Å². The van der Waals surface area contributed by atoms with Crippen LogP contribution in [0.5, 0.6) is 0 Å². The fourth-order valence-electron chi connectivity index (χ4n) is 3.63. The molecule has 1 aromatic heterocycles. The molecular weight excluding hydrogens is 487 g/mol. The maximum absolute atomic E-state index is 13.2. The van der Waals surface area contributed by atoms with Crippen molar-refractivity contribution in [2.75, 3.05) is 12.3 Å². The quantitative estimate of drug-likeness (QED) is 0.0838. The van der Waals surface area contributed by atoms with Gasteiger partial charge in [0, 0.05) is 6.54 Å². The van der Waals surface area contributed by atoms with Gasteiger partial charge in [-0.25, -0.2) is 9.40 Å². The van der Waals surface area contributed by atoms with Crippen molar-refractivity contribution in [3.8, 4) is 0 Å². The number of hydrogen-bond donors (Lipinski definition) is 3. The zero-order chi connectivity index (χ0) is 23.0. The number of fused-ring (bicyclic) bond motifs is 1. The number of nitrogen functional groups attached to an aromatic ring is 1. The van der Waals surface area contributed by atoms with E-state index in [1.54, 1.807) is 30.3 Å². The second-order valence-electron chi connectivity index (χ2n) is 7.04. The minimum absolute atomic E-state index is 0. The second kappa shape index (κ2) is 9.99. The number of carbonyl (C=O) groups is 3. The van der Waals surface area contributed by atoms with Crippen molar-refractivity contribution >= 4 is 45.8 Å². The summed E-state index contributed by atoms with van der Waals surface area (Å²) in [5, 5.41) is 4.77. The van der Waals surface area contributed by atoms with Gasteiger partial charge in [0.2, 0.25) is 17.0 Å². The van der Waals surface area contributed by atoms with E-state index < -0.39 is 45.4 Å². The maximum Gasteiger partial charge on any atom is 1.00 e. The van der Waals surface area contributed by atoms with E-state index >= 15 is 0 Å². The molecule has 2 aliphatic heterocycles. The van der Waals surface area contributed by atoms with Crippen molar-refractivity contribution in [3.05, 3.63) is 35.9 Å². The van der Waals surface area contributed by atoms with Crippen LogP contribution < -0.4 is 35.3 Å². The van der Waals surface area contributed by atoms with Gasteiger partial charge in [0.05, 0.1) is 6.04 Å². The summed E-state index contributed by atoms with van der Waals surface area (Å²) in [7, 11) is -4.73. The number of amides is 2. The third kappa shape index (κ3) is 5.17. The number of anilines is 1. The Morgan fingerprint density at radius 2 is 2.06 bits per heavy atom. The SMILES string of the molecule is Nc1nc(SC(C(=O)OCc2ccccc2)C(=O)N2CC[C@@H]3[C@H]2C(=O)N3S(=O)(=O)O)n[nH]1.[H-].[Na+]. The molecule has 2 aromatic rings. The normalized spacial score (nSPS) is 20.5. The number of aromatic amines is 1. The first-order chi connectivity index (χ1) is 15.2. The predicted octanol–water partition coefficient (Wildman–Crippen LogP) is -3.68. The largest absolute Gasteiger partial charge is 1.00 e. The molecule has 0 radical (unpaired) electrons. The molecule has 16 heteroatoms. The van der Waals surface area contributed by atoms with Gasteiger partial charge in [-0.1, -0.05) is 42.1 Å². The molecule has 3 heterocycles. The number of nitrogens with zero attached hydrogens (tertiary/aromatic N) is 4. The fourth-order valence-corrected chi connectivity index (χ4v) is 5.39. The number of thioether (sulfide) groups is 1. The Morgan fingerprint density at radius 3 is 2.67 bits per heavy atom. The fraction of sp³-hybridized carbons (Fsp3) is 0.353. The van der Waals surface area contributed by atoms with Gasteiger partial charge in [0.1, 0.15) is 12.6 Å². The number of ether oxygens (including phenoxy) is 1. The van der Waals surface area contributed by atoms with Crippen LogP contribution in [0.15, 0.2) is 35.5 Å². The number of rotatable bonds is 7. The van der Waals surface area contributed by atoms with Crippen molar-refractivity contribution in [3.63, 3.8) is 0 Å². The molecule has 172 valence electrons. The Bertz CT molecular complexity index is 1170. The molecule has 2 amide bonds. The van der Waals surface area contributed by atoms with Crippen molar-refractivity contribution in [1.29, 1.82) is 0 Å². The molecule has 1 aromatic carbocycles. The number of hydrogen-bond acceptors (Lipinski definition) is 10. The van der Waals surface area contributed by atoms with E-state index in [2.05, 4.69) is 15.2 Å². The van der Waals surface area contributed by atoms with E-state index in [1.807, 2.05) is 0 Å². The Kier molecular flexibility index (Phi) is 7.70. The monoisotopic (exact) mass is 506 g/mol. The molecule has 2 fully saturated rings. The Hall–Kier alpha value is -2.17. The van der Waals surface area contributed by atoms with Crippen molar-refractivity contribution < 1.29 is 63.1 Å². The smallest absolute Gasteiger partial charge is 1.00 e. The molecule has 4 rings (SSSR count). The number of aromatic nitrogens is 3. The summed E-state index contributed by atoms with van der Waals surface area (Å²) in [6, 6.07) is 6.86. The van der Waals surface area contributed by atoms with E-state index in [0.717, 1.165) is 4.90 Å². The molecule has 0 aliphatic carbocycles. The number of nitrogens with one attached hydrogen (secondary N) is 1. The van der Waals surface area contributed by atoms with Crippen LogP contribution >= 0.6 is 11.8 Å². The summed E-state index contributed by atoms with van der Waals surface area (Å²) in [5.41, 5.74) is 6.21. The number of esters is 1. The van der Waals surface area contributed by atoms with E-state index in [1.165, 1.54) is 0 Å². The molecule has 0 spiro atoms.